The second-order valence-corrected chi connectivity index (χ2v) is 5.45. The fourth-order valence-corrected chi connectivity index (χ4v) is 3.20. The Kier molecular flexibility index (Phi) is 2.04. The van der Waals surface area contributed by atoms with Crippen LogP contribution in [0.2, 0.25) is 0 Å². The number of aromatic nitrogens is 1. The number of hydrogen-bond donors (Lipinski definition) is 0. The minimum absolute atomic E-state index is 0.0194. The Morgan fingerprint density at radius 1 is 0.950 bits per heavy atom. The maximum atomic E-state index is 12.7. The fourth-order valence-electron chi connectivity index (χ4n) is 3.20. The molecule has 0 aliphatic carbocycles. The van der Waals surface area contributed by atoms with Crippen molar-refractivity contribution in [2.45, 2.75) is 20.3 Å². The van der Waals surface area contributed by atoms with Gasteiger partial charge in [-0.1, -0.05) is 18.2 Å². The van der Waals surface area contributed by atoms with Crippen LogP contribution in [0.4, 0.5) is 0 Å². The minimum Gasteiger partial charge on any atom is -0.288 e. The Balaban J connectivity index is 2.45. The van der Waals surface area contributed by atoms with Crippen molar-refractivity contribution in [3.8, 4) is 0 Å². The van der Waals surface area contributed by atoms with Crippen LogP contribution >= 0.6 is 0 Å². The van der Waals surface area contributed by atoms with E-state index in [1.54, 1.807) is 4.57 Å². The van der Waals surface area contributed by atoms with Crippen molar-refractivity contribution in [2.75, 3.05) is 0 Å². The summed E-state index contributed by atoms with van der Waals surface area (Å²) in [5.74, 6) is 0.0508. The topological polar surface area (TPSA) is 39.1 Å². The van der Waals surface area contributed by atoms with Crippen LogP contribution in [-0.4, -0.2) is 10.5 Å². The van der Waals surface area contributed by atoms with Gasteiger partial charge >= 0.3 is 0 Å². The smallest absolute Gasteiger partial charge is 0.236 e. The Bertz CT molecular complexity index is 980. The van der Waals surface area contributed by atoms with E-state index in [4.69, 9.17) is 0 Å². The van der Waals surface area contributed by atoms with Crippen molar-refractivity contribution in [1.82, 2.24) is 4.57 Å². The van der Waals surface area contributed by atoms with Crippen LogP contribution in [-0.2, 0) is 6.42 Å². The predicted molar refractivity (Wildman–Crippen MR) is 79.5 cm³/mol. The molecule has 3 heteroatoms. The molecule has 3 nitrogen and oxygen atoms in total. The van der Waals surface area contributed by atoms with Gasteiger partial charge in [0.15, 0.2) is 5.43 Å². The number of nitrogens with zero attached hydrogens (tertiary/aromatic N) is 1. The summed E-state index contributed by atoms with van der Waals surface area (Å²) in [6, 6.07) is 9.38. The monoisotopic (exact) mass is 263 g/mol. The standard InChI is InChI=1S/C17H13NO2/c1-9-6-7-13-15(10(9)2)18-14(19)8-11-4-3-5-12(16(11)18)17(13)20/h3-7H,8H2,1-2H3. The molecule has 20 heavy (non-hydrogen) atoms. The Hall–Kier alpha value is -2.42. The molecule has 0 fully saturated rings. The van der Waals surface area contributed by atoms with Crippen molar-refractivity contribution in [3.63, 3.8) is 0 Å². The lowest BCUT2D eigenvalue weighted by Crippen LogP contribution is -2.14. The van der Waals surface area contributed by atoms with E-state index in [0.29, 0.717) is 17.2 Å². The van der Waals surface area contributed by atoms with Gasteiger partial charge in [-0.05, 0) is 42.7 Å². The van der Waals surface area contributed by atoms with Crippen LogP contribution in [0.1, 0.15) is 21.5 Å². The highest BCUT2D eigenvalue weighted by molar-refractivity contribution is 6.09. The number of carbonyl (C=O) groups excluding carboxylic acids is 1. The maximum absolute atomic E-state index is 12.7. The third-order valence-corrected chi connectivity index (χ3v) is 4.35. The molecule has 0 spiro atoms. The molecule has 1 aliphatic heterocycles. The molecule has 0 saturated heterocycles. The molecule has 2 aromatic carbocycles. The van der Waals surface area contributed by atoms with Crippen molar-refractivity contribution in [3.05, 3.63) is 57.2 Å². The van der Waals surface area contributed by atoms with Crippen LogP contribution in [0.15, 0.2) is 35.1 Å². The molecule has 0 unspecified atom stereocenters. The normalized spacial score (nSPS) is 13.6. The van der Waals surface area contributed by atoms with Gasteiger partial charge in [0, 0.05) is 10.8 Å². The third kappa shape index (κ3) is 1.20. The van der Waals surface area contributed by atoms with Gasteiger partial charge in [0.05, 0.1) is 17.5 Å². The van der Waals surface area contributed by atoms with Crippen LogP contribution in [0.3, 0.4) is 0 Å². The number of para-hydroxylation sites is 1. The Morgan fingerprint density at radius 3 is 2.50 bits per heavy atom. The zero-order valence-corrected chi connectivity index (χ0v) is 11.4. The first-order chi connectivity index (χ1) is 9.59. The van der Waals surface area contributed by atoms with Gasteiger partial charge in [0.2, 0.25) is 5.91 Å². The first kappa shape index (κ1) is 11.4. The van der Waals surface area contributed by atoms with Gasteiger partial charge in [-0.25, -0.2) is 0 Å². The van der Waals surface area contributed by atoms with Gasteiger partial charge in [0.1, 0.15) is 0 Å². The Labute approximate surface area is 115 Å². The number of pyridine rings is 1. The van der Waals surface area contributed by atoms with E-state index < -0.39 is 0 Å². The van der Waals surface area contributed by atoms with Crippen LogP contribution in [0, 0.1) is 13.8 Å². The molecule has 4 rings (SSSR count). The quantitative estimate of drug-likeness (QED) is 0.585. The summed E-state index contributed by atoms with van der Waals surface area (Å²) < 4.78 is 1.74. The molecule has 0 bridgehead atoms. The van der Waals surface area contributed by atoms with Crippen molar-refractivity contribution in [1.29, 1.82) is 0 Å². The summed E-state index contributed by atoms with van der Waals surface area (Å²) in [4.78, 5) is 25.1. The zero-order chi connectivity index (χ0) is 14.0. The fraction of sp³-hybridized carbons (Fsp3) is 0.176. The van der Waals surface area contributed by atoms with Crippen LogP contribution in [0.25, 0.3) is 21.8 Å². The molecule has 0 N–H and O–H groups in total. The lowest BCUT2D eigenvalue weighted by atomic mass is 10.0. The van der Waals surface area contributed by atoms with Crippen molar-refractivity contribution in [2.24, 2.45) is 0 Å². The van der Waals surface area contributed by atoms with Gasteiger partial charge < -0.3 is 0 Å². The van der Waals surface area contributed by atoms with Gasteiger partial charge in [-0.15, -0.1) is 0 Å². The summed E-state index contributed by atoms with van der Waals surface area (Å²) in [5.41, 5.74) is 4.64. The first-order valence-electron chi connectivity index (χ1n) is 6.69. The lowest BCUT2D eigenvalue weighted by molar-refractivity contribution is 0.0933. The van der Waals surface area contributed by atoms with Crippen molar-refractivity contribution >= 4 is 27.7 Å². The van der Waals surface area contributed by atoms with E-state index in [-0.39, 0.29) is 11.3 Å². The molecule has 0 radical (unpaired) electrons. The predicted octanol–water partition coefficient (Wildman–Crippen LogP) is 2.97. The second-order valence-electron chi connectivity index (χ2n) is 5.45. The van der Waals surface area contributed by atoms with Crippen molar-refractivity contribution < 1.29 is 4.79 Å². The maximum Gasteiger partial charge on any atom is 0.236 e. The summed E-state index contributed by atoms with van der Waals surface area (Å²) in [5, 5.41) is 1.28. The number of carbonyl (C=O) groups is 1. The van der Waals surface area contributed by atoms with E-state index in [0.717, 1.165) is 27.7 Å². The molecule has 3 aromatic rings. The largest absolute Gasteiger partial charge is 0.288 e. The zero-order valence-electron chi connectivity index (χ0n) is 11.4. The first-order valence-corrected chi connectivity index (χ1v) is 6.69. The average Bonchev–Trinajstić information content (AvgIpc) is 2.76. The van der Waals surface area contributed by atoms with Gasteiger partial charge in [0.25, 0.3) is 0 Å². The summed E-state index contributed by atoms with van der Waals surface area (Å²) in [6.07, 6.45) is 0.378. The van der Waals surface area contributed by atoms with Crippen LogP contribution in [0.5, 0.6) is 0 Å². The van der Waals surface area contributed by atoms with E-state index in [9.17, 15) is 9.59 Å². The molecule has 0 amide bonds. The van der Waals surface area contributed by atoms with Gasteiger partial charge in [-0.2, -0.15) is 0 Å². The molecule has 2 heterocycles. The number of benzene rings is 2. The third-order valence-electron chi connectivity index (χ3n) is 4.35. The highest BCUT2D eigenvalue weighted by Gasteiger charge is 2.25. The van der Waals surface area contributed by atoms with Gasteiger partial charge in [-0.3, -0.25) is 14.2 Å². The minimum atomic E-state index is 0.0194. The van der Waals surface area contributed by atoms with Crippen LogP contribution < -0.4 is 5.43 Å². The second kappa shape index (κ2) is 3.57. The molecule has 1 aromatic heterocycles. The number of rotatable bonds is 0. The molecule has 0 atom stereocenters. The molecule has 98 valence electrons. The number of hydrogen-bond acceptors (Lipinski definition) is 2. The molecule has 1 aliphatic rings. The molecule has 0 saturated carbocycles. The summed E-state index contributed by atoms with van der Waals surface area (Å²) in [6.45, 7) is 3.97. The van der Waals surface area contributed by atoms with E-state index in [2.05, 4.69) is 0 Å². The molecular weight excluding hydrogens is 250 g/mol. The van der Waals surface area contributed by atoms with E-state index >= 15 is 0 Å². The molecular formula is C17H13NO2. The Morgan fingerprint density at radius 2 is 1.70 bits per heavy atom. The SMILES string of the molecule is Cc1ccc2c(=O)c3cccc4c3n(c2c1C)C(=O)C4. The van der Waals surface area contributed by atoms with E-state index in [1.165, 1.54) is 0 Å². The highest BCUT2D eigenvalue weighted by atomic mass is 16.2. The average molecular weight is 263 g/mol. The number of fused-ring (bicyclic) bond motifs is 2. The summed E-state index contributed by atoms with van der Waals surface area (Å²) in [7, 11) is 0. The van der Waals surface area contributed by atoms with E-state index in [1.807, 2.05) is 44.2 Å². The summed E-state index contributed by atoms with van der Waals surface area (Å²) >= 11 is 0. The highest BCUT2D eigenvalue weighted by Crippen LogP contribution is 2.30. The lowest BCUT2D eigenvalue weighted by Gasteiger charge is -2.12. The number of aryl methyl sites for hydroxylation is 2.